The van der Waals surface area contributed by atoms with Gasteiger partial charge in [0.1, 0.15) is 5.82 Å². The largest absolute Gasteiger partial charge is 0.366 e. The van der Waals surface area contributed by atoms with Gasteiger partial charge >= 0.3 is 0 Å². The van der Waals surface area contributed by atoms with Gasteiger partial charge in [-0.2, -0.15) is 0 Å². The number of anilines is 1. The predicted octanol–water partition coefficient (Wildman–Crippen LogP) is 1.04. The Morgan fingerprint density at radius 1 is 1.06 bits per heavy atom. The number of carbonyl (C=O) groups excluding carboxylic acids is 2. The van der Waals surface area contributed by atoms with Gasteiger partial charge in [-0.05, 0) is 31.4 Å². The lowest BCUT2D eigenvalue weighted by Crippen LogP contribution is -2.51. The molecule has 2 fully saturated rings. The average Bonchev–Trinajstić information content (AvgIpc) is 2.78. The third-order valence-corrected chi connectivity index (χ3v) is 7.27. The fraction of sp³-hybridized carbons (Fsp3) is 0.619. The van der Waals surface area contributed by atoms with E-state index in [1.165, 1.54) is 10.4 Å². The first-order valence-electron chi connectivity index (χ1n) is 10.8. The molecule has 2 saturated heterocycles. The first kappa shape index (κ1) is 23.5. The average molecular weight is 455 g/mol. The summed E-state index contributed by atoms with van der Waals surface area (Å²) in [6.45, 7) is 2.97. The number of halogens is 1. The topological polar surface area (TPSA) is 90.0 Å². The van der Waals surface area contributed by atoms with Gasteiger partial charge in [-0.25, -0.2) is 17.1 Å². The number of sulfonamides is 1. The molecule has 0 bridgehead atoms. The highest BCUT2D eigenvalue weighted by molar-refractivity contribution is 7.88. The second-order valence-corrected chi connectivity index (χ2v) is 10.1. The minimum absolute atomic E-state index is 0.0209. The first-order valence-corrected chi connectivity index (χ1v) is 12.6. The normalized spacial score (nSPS) is 22.5. The second kappa shape index (κ2) is 10.4. The van der Waals surface area contributed by atoms with Crippen LogP contribution in [-0.4, -0.2) is 81.5 Å². The molecule has 31 heavy (non-hydrogen) atoms. The van der Waals surface area contributed by atoms with Gasteiger partial charge in [-0.1, -0.05) is 12.1 Å². The van der Waals surface area contributed by atoms with Gasteiger partial charge in [0.15, 0.2) is 0 Å². The van der Waals surface area contributed by atoms with Crippen molar-refractivity contribution in [3.63, 3.8) is 0 Å². The molecule has 2 aliphatic heterocycles. The lowest BCUT2D eigenvalue weighted by Gasteiger charge is -2.37. The number of nitrogens with zero attached hydrogens (tertiary/aromatic N) is 3. The summed E-state index contributed by atoms with van der Waals surface area (Å²) in [5.41, 5.74) is 0.549. The Morgan fingerprint density at radius 3 is 2.45 bits per heavy atom. The number of piperazine rings is 1. The summed E-state index contributed by atoms with van der Waals surface area (Å²) < 4.78 is 39.3. The van der Waals surface area contributed by atoms with Crippen LogP contribution in [0.15, 0.2) is 24.3 Å². The molecule has 1 aromatic carbocycles. The molecule has 0 spiro atoms. The summed E-state index contributed by atoms with van der Waals surface area (Å²) in [4.78, 5) is 28.9. The quantitative estimate of drug-likeness (QED) is 0.737. The highest BCUT2D eigenvalue weighted by atomic mass is 32.2. The zero-order valence-electron chi connectivity index (χ0n) is 17.9. The van der Waals surface area contributed by atoms with Crippen LogP contribution in [0.3, 0.4) is 0 Å². The molecule has 172 valence electrons. The Hall–Kier alpha value is -2.20. The number of carbonyl (C=O) groups is 2. The molecule has 2 aliphatic rings. The van der Waals surface area contributed by atoms with Gasteiger partial charge in [-0.3, -0.25) is 9.59 Å². The summed E-state index contributed by atoms with van der Waals surface area (Å²) in [6, 6.07) is 6.63. The molecule has 2 heterocycles. The van der Waals surface area contributed by atoms with E-state index in [0.717, 1.165) is 6.26 Å². The molecule has 0 aliphatic carbocycles. The summed E-state index contributed by atoms with van der Waals surface area (Å²) in [5, 5.41) is 2.79. The highest BCUT2D eigenvalue weighted by Crippen LogP contribution is 2.22. The highest BCUT2D eigenvalue weighted by Gasteiger charge is 2.29. The maximum atomic E-state index is 14.1. The van der Waals surface area contributed by atoms with Gasteiger partial charge < -0.3 is 15.1 Å². The van der Waals surface area contributed by atoms with Crippen LogP contribution in [0.4, 0.5) is 10.1 Å². The van der Waals surface area contributed by atoms with Crippen LogP contribution in [0.2, 0.25) is 0 Å². The van der Waals surface area contributed by atoms with Crippen molar-refractivity contribution in [2.75, 3.05) is 57.0 Å². The van der Waals surface area contributed by atoms with Crippen LogP contribution in [-0.2, 0) is 19.6 Å². The fourth-order valence-electron chi connectivity index (χ4n) is 4.18. The predicted molar refractivity (Wildman–Crippen MR) is 117 cm³/mol. The SMILES string of the molecule is CS(=O)(=O)N1CCCC(C(=O)N2CCN(c3ccccc3F)CC2)CCNC(=O)CC1. The van der Waals surface area contributed by atoms with Gasteiger partial charge in [0.05, 0.1) is 11.9 Å². The summed E-state index contributed by atoms with van der Waals surface area (Å²) in [5.74, 6) is -0.732. The number of hydrogen-bond acceptors (Lipinski definition) is 5. The lowest BCUT2D eigenvalue weighted by atomic mass is 9.97. The molecule has 1 unspecified atom stereocenters. The Labute approximate surface area is 183 Å². The fourth-order valence-corrected chi connectivity index (χ4v) is 5.07. The van der Waals surface area contributed by atoms with E-state index in [1.807, 2.05) is 4.90 Å². The lowest BCUT2D eigenvalue weighted by molar-refractivity contribution is -0.136. The monoisotopic (exact) mass is 454 g/mol. The molecule has 0 saturated carbocycles. The molecule has 2 amide bonds. The molecular formula is C21H31FN4O4S. The van der Waals surface area contributed by atoms with Crippen LogP contribution < -0.4 is 10.2 Å². The van der Waals surface area contributed by atoms with E-state index < -0.39 is 10.0 Å². The van der Waals surface area contributed by atoms with Crippen molar-refractivity contribution in [3.8, 4) is 0 Å². The third kappa shape index (κ3) is 6.39. The molecule has 1 atom stereocenters. The van der Waals surface area contributed by atoms with Crippen molar-refractivity contribution >= 4 is 27.5 Å². The number of para-hydroxylation sites is 1. The molecule has 10 heteroatoms. The standard InChI is InChI=1S/C21H31FN4O4S/c1-31(29,30)26-11-4-5-17(8-10-23-20(27)9-12-26)21(28)25-15-13-24(14-16-25)19-7-3-2-6-18(19)22/h2-3,6-7,17H,4-5,8-16H2,1H3,(H,23,27). The zero-order valence-corrected chi connectivity index (χ0v) is 18.7. The van der Waals surface area contributed by atoms with E-state index in [9.17, 15) is 22.4 Å². The van der Waals surface area contributed by atoms with Gasteiger partial charge in [0.25, 0.3) is 0 Å². The van der Waals surface area contributed by atoms with Crippen molar-refractivity contribution in [2.45, 2.75) is 25.7 Å². The van der Waals surface area contributed by atoms with E-state index in [-0.39, 0.29) is 36.5 Å². The van der Waals surface area contributed by atoms with Crippen molar-refractivity contribution in [3.05, 3.63) is 30.1 Å². The maximum absolute atomic E-state index is 14.1. The number of nitrogens with one attached hydrogen (secondary N) is 1. The van der Waals surface area contributed by atoms with E-state index >= 15 is 0 Å². The van der Waals surface area contributed by atoms with Crippen LogP contribution in [0, 0.1) is 11.7 Å². The van der Waals surface area contributed by atoms with Gasteiger partial charge in [0, 0.05) is 58.2 Å². The van der Waals surface area contributed by atoms with Gasteiger partial charge in [-0.15, -0.1) is 0 Å². The minimum Gasteiger partial charge on any atom is -0.366 e. The van der Waals surface area contributed by atoms with Gasteiger partial charge in [0.2, 0.25) is 21.8 Å². The Morgan fingerprint density at radius 2 is 1.77 bits per heavy atom. The van der Waals surface area contributed by atoms with E-state index in [0.29, 0.717) is 64.2 Å². The van der Waals surface area contributed by atoms with Crippen molar-refractivity contribution in [2.24, 2.45) is 5.92 Å². The number of rotatable bonds is 3. The van der Waals surface area contributed by atoms with E-state index in [1.54, 1.807) is 23.1 Å². The van der Waals surface area contributed by atoms with Crippen LogP contribution in [0.25, 0.3) is 0 Å². The zero-order chi connectivity index (χ0) is 22.4. The molecule has 0 aromatic heterocycles. The van der Waals surface area contributed by atoms with E-state index in [4.69, 9.17) is 0 Å². The Balaban J connectivity index is 1.60. The molecular weight excluding hydrogens is 423 g/mol. The molecule has 3 rings (SSSR count). The molecule has 1 aromatic rings. The van der Waals surface area contributed by atoms with E-state index in [2.05, 4.69) is 5.32 Å². The number of benzene rings is 1. The molecule has 8 nitrogen and oxygen atoms in total. The van der Waals surface area contributed by atoms with Crippen LogP contribution in [0.5, 0.6) is 0 Å². The van der Waals surface area contributed by atoms with Crippen molar-refractivity contribution < 1.29 is 22.4 Å². The summed E-state index contributed by atoms with van der Waals surface area (Å²) in [7, 11) is -3.40. The Bertz CT molecular complexity index is 887. The number of amides is 2. The van der Waals surface area contributed by atoms with Crippen molar-refractivity contribution in [1.82, 2.24) is 14.5 Å². The smallest absolute Gasteiger partial charge is 0.225 e. The summed E-state index contributed by atoms with van der Waals surface area (Å²) in [6.07, 6.45) is 2.91. The van der Waals surface area contributed by atoms with Crippen molar-refractivity contribution in [1.29, 1.82) is 0 Å². The van der Waals surface area contributed by atoms with Crippen LogP contribution >= 0.6 is 0 Å². The Kier molecular flexibility index (Phi) is 7.88. The first-order chi connectivity index (χ1) is 14.8. The molecule has 1 N–H and O–H groups in total. The third-order valence-electron chi connectivity index (χ3n) is 5.97. The second-order valence-electron chi connectivity index (χ2n) is 8.15. The minimum atomic E-state index is -3.40. The maximum Gasteiger partial charge on any atom is 0.225 e. The summed E-state index contributed by atoms with van der Waals surface area (Å²) >= 11 is 0. The van der Waals surface area contributed by atoms with Crippen LogP contribution in [0.1, 0.15) is 25.7 Å². The number of hydrogen-bond donors (Lipinski definition) is 1. The molecule has 0 radical (unpaired) electrons.